The molecule has 0 saturated carbocycles. The molecule has 100 valence electrons. The van der Waals surface area contributed by atoms with E-state index in [0.717, 1.165) is 17.7 Å². The first-order chi connectivity index (χ1) is 9.06. The van der Waals surface area contributed by atoms with Crippen molar-refractivity contribution in [2.45, 2.75) is 20.0 Å². The molecule has 2 rings (SSSR count). The van der Waals surface area contributed by atoms with Crippen LogP contribution in [0.15, 0.2) is 36.4 Å². The molecule has 0 spiro atoms. The molecule has 19 heavy (non-hydrogen) atoms. The smallest absolute Gasteiger partial charge is 0.159 e. The van der Waals surface area contributed by atoms with E-state index in [1.807, 2.05) is 6.07 Å². The van der Waals surface area contributed by atoms with Crippen molar-refractivity contribution in [1.82, 2.24) is 5.32 Å². The van der Waals surface area contributed by atoms with Crippen molar-refractivity contribution in [3.8, 4) is 0 Å². The Hall–Kier alpha value is -1.81. The number of aryl methyl sites for hydroxylation is 1. The van der Waals surface area contributed by atoms with Crippen LogP contribution in [-0.2, 0) is 13.1 Å². The van der Waals surface area contributed by atoms with E-state index in [0.29, 0.717) is 24.2 Å². The molecule has 0 heterocycles. The summed E-state index contributed by atoms with van der Waals surface area (Å²) in [7, 11) is 0. The Morgan fingerprint density at radius 3 is 1.95 bits per heavy atom. The van der Waals surface area contributed by atoms with E-state index in [-0.39, 0.29) is 5.82 Å². The average molecular weight is 265 g/mol. The Balaban J connectivity index is 1.92. The van der Waals surface area contributed by atoms with E-state index in [1.165, 1.54) is 12.1 Å². The Morgan fingerprint density at radius 2 is 1.37 bits per heavy atom. The molecule has 1 N–H and O–H groups in total. The van der Waals surface area contributed by atoms with E-state index < -0.39 is 11.6 Å². The molecule has 0 radical (unpaired) electrons. The highest BCUT2D eigenvalue weighted by Gasteiger charge is 2.03. The van der Waals surface area contributed by atoms with Crippen LogP contribution in [0.1, 0.15) is 16.7 Å². The Kier molecular flexibility index (Phi) is 4.22. The molecular weight excluding hydrogens is 251 g/mol. The lowest BCUT2D eigenvalue weighted by Crippen LogP contribution is -2.13. The maximum atomic E-state index is 13.3. The molecule has 0 aliphatic heterocycles. The van der Waals surface area contributed by atoms with Gasteiger partial charge in [-0.3, -0.25) is 0 Å². The summed E-state index contributed by atoms with van der Waals surface area (Å²) < 4.78 is 39.0. The molecule has 0 aliphatic carbocycles. The highest BCUT2D eigenvalue weighted by Crippen LogP contribution is 2.10. The molecule has 1 nitrogen and oxygen atoms in total. The fraction of sp³-hybridized carbons (Fsp3) is 0.200. The molecule has 0 fully saturated rings. The van der Waals surface area contributed by atoms with Gasteiger partial charge in [-0.25, -0.2) is 13.2 Å². The molecule has 4 heteroatoms. The Bertz CT molecular complexity index is 530. The molecule has 2 aromatic carbocycles. The predicted octanol–water partition coefficient (Wildman–Crippen LogP) is 3.70. The lowest BCUT2D eigenvalue weighted by Gasteiger charge is -2.06. The lowest BCUT2D eigenvalue weighted by atomic mass is 10.1. The van der Waals surface area contributed by atoms with Gasteiger partial charge in [0.15, 0.2) is 11.6 Å². The zero-order valence-corrected chi connectivity index (χ0v) is 10.5. The average Bonchev–Trinajstić information content (AvgIpc) is 2.38. The van der Waals surface area contributed by atoms with E-state index in [2.05, 4.69) is 5.32 Å². The Morgan fingerprint density at radius 1 is 0.789 bits per heavy atom. The third-order valence-corrected chi connectivity index (χ3v) is 2.88. The minimum Gasteiger partial charge on any atom is -0.309 e. The van der Waals surface area contributed by atoms with E-state index in [9.17, 15) is 13.2 Å². The molecular formula is C15H14F3N. The molecule has 0 amide bonds. The summed E-state index contributed by atoms with van der Waals surface area (Å²) in [6, 6.07) is 8.77. The van der Waals surface area contributed by atoms with Crippen molar-refractivity contribution < 1.29 is 13.2 Å². The summed E-state index contributed by atoms with van der Waals surface area (Å²) >= 11 is 0. The topological polar surface area (TPSA) is 12.0 Å². The third kappa shape index (κ3) is 3.58. The standard InChI is InChI=1S/C15H14F3N/c1-10-2-3-11(6-14(10)17)8-19-9-12-4-5-13(16)15(18)7-12/h2-7,19H,8-9H2,1H3. The number of rotatable bonds is 4. The molecule has 0 bridgehead atoms. The van der Waals surface area contributed by atoms with E-state index >= 15 is 0 Å². The predicted molar refractivity (Wildman–Crippen MR) is 68.0 cm³/mol. The van der Waals surface area contributed by atoms with Gasteiger partial charge in [-0.05, 0) is 41.8 Å². The van der Waals surface area contributed by atoms with Gasteiger partial charge in [0.1, 0.15) is 5.82 Å². The molecule has 2 aromatic rings. The van der Waals surface area contributed by atoms with Gasteiger partial charge in [-0.15, -0.1) is 0 Å². The van der Waals surface area contributed by atoms with Crippen LogP contribution in [-0.4, -0.2) is 0 Å². The minimum absolute atomic E-state index is 0.243. The third-order valence-electron chi connectivity index (χ3n) is 2.88. The van der Waals surface area contributed by atoms with Gasteiger partial charge in [-0.2, -0.15) is 0 Å². The fourth-order valence-electron chi connectivity index (χ4n) is 1.75. The van der Waals surface area contributed by atoms with Crippen LogP contribution in [0.25, 0.3) is 0 Å². The number of nitrogens with one attached hydrogen (secondary N) is 1. The van der Waals surface area contributed by atoms with E-state index in [1.54, 1.807) is 13.0 Å². The quantitative estimate of drug-likeness (QED) is 0.888. The first-order valence-corrected chi connectivity index (χ1v) is 5.96. The van der Waals surface area contributed by atoms with Crippen molar-refractivity contribution in [2.24, 2.45) is 0 Å². The normalized spacial score (nSPS) is 10.7. The zero-order chi connectivity index (χ0) is 13.8. The Labute approximate surface area is 110 Å². The van der Waals surface area contributed by atoms with Crippen LogP contribution in [0.4, 0.5) is 13.2 Å². The second kappa shape index (κ2) is 5.89. The molecule has 0 aliphatic rings. The number of benzene rings is 2. The van der Waals surface area contributed by atoms with Crippen LogP contribution in [0.2, 0.25) is 0 Å². The summed E-state index contributed by atoms with van der Waals surface area (Å²) in [6.45, 7) is 2.57. The number of hydrogen-bond donors (Lipinski definition) is 1. The van der Waals surface area contributed by atoms with Crippen LogP contribution < -0.4 is 5.32 Å². The minimum atomic E-state index is -0.860. The van der Waals surface area contributed by atoms with Gasteiger partial charge in [-0.1, -0.05) is 18.2 Å². The SMILES string of the molecule is Cc1ccc(CNCc2ccc(F)c(F)c2)cc1F. The zero-order valence-electron chi connectivity index (χ0n) is 10.5. The molecule has 0 saturated heterocycles. The van der Waals surface area contributed by atoms with E-state index in [4.69, 9.17) is 0 Å². The second-order valence-electron chi connectivity index (χ2n) is 4.44. The van der Waals surface area contributed by atoms with Crippen molar-refractivity contribution in [1.29, 1.82) is 0 Å². The maximum Gasteiger partial charge on any atom is 0.159 e. The van der Waals surface area contributed by atoms with Crippen LogP contribution in [0.5, 0.6) is 0 Å². The molecule has 0 unspecified atom stereocenters. The monoisotopic (exact) mass is 265 g/mol. The molecule has 0 aromatic heterocycles. The fourth-order valence-corrected chi connectivity index (χ4v) is 1.75. The van der Waals surface area contributed by atoms with Crippen molar-refractivity contribution >= 4 is 0 Å². The summed E-state index contributed by atoms with van der Waals surface area (Å²) in [5.74, 6) is -1.96. The lowest BCUT2D eigenvalue weighted by molar-refractivity contribution is 0.506. The van der Waals surface area contributed by atoms with Gasteiger partial charge in [0.25, 0.3) is 0 Å². The second-order valence-corrected chi connectivity index (χ2v) is 4.44. The van der Waals surface area contributed by atoms with Gasteiger partial charge in [0, 0.05) is 13.1 Å². The first kappa shape index (κ1) is 13.6. The van der Waals surface area contributed by atoms with Crippen molar-refractivity contribution in [2.75, 3.05) is 0 Å². The largest absolute Gasteiger partial charge is 0.309 e. The number of hydrogen-bond acceptors (Lipinski definition) is 1. The first-order valence-electron chi connectivity index (χ1n) is 5.96. The summed E-state index contributed by atoms with van der Waals surface area (Å²) in [5.41, 5.74) is 2.06. The van der Waals surface area contributed by atoms with Crippen LogP contribution in [0.3, 0.4) is 0 Å². The van der Waals surface area contributed by atoms with Gasteiger partial charge in [0.2, 0.25) is 0 Å². The number of halogens is 3. The molecule has 0 atom stereocenters. The summed E-state index contributed by atoms with van der Waals surface area (Å²) in [5, 5.41) is 3.06. The summed E-state index contributed by atoms with van der Waals surface area (Å²) in [6.07, 6.45) is 0. The maximum absolute atomic E-state index is 13.3. The van der Waals surface area contributed by atoms with Crippen molar-refractivity contribution in [3.63, 3.8) is 0 Å². The highest BCUT2D eigenvalue weighted by molar-refractivity contribution is 5.23. The van der Waals surface area contributed by atoms with Crippen molar-refractivity contribution in [3.05, 3.63) is 70.5 Å². The highest BCUT2D eigenvalue weighted by atomic mass is 19.2. The van der Waals surface area contributed by atoms with Gasteiger partial charge in [0.05, 0.1) is 0 Å². The van der Waals surface area contributed by atoms with Crippen LogP contribution in [0, 0.1) is 24.4 Å². The summed E-state index contributed by atoms with van der Waals surface area (Å²) in [4.78, 5) is 0. The van der Waals surface area contributed by atoms with Crippen LogP contribution >= 0.6 is 0 Å². The van der Waals surface area contributed by atoms with Gasteiger partial charge < -0.3 is 5.32 Å². The van der Waals surface area contributed by atoms with Gasteiger partial charge >= 0.3 is 0 Å².